The minimum atomic E-state index is -3.34. The fourth-order valence-corrected chi connectivity index (χ4v) is 4.72. The summed E-state index contributed by atoms with van der Waals surface area (Å²) in [4.78, 5) is 12.2. The molecule has 1 amide bonds. The molecule has 4 nitrogen and oxygen atoms in total. The van der Waals surface area contributed by atoms with Gasteiger partial charge in [0.15, 0.2) is 9.84 Å². The van der Waals surface area contributed by atoms with Gasteiger partial charge in [-0.1, -0.05) is 47.0 Å². The van der Waals surface area contributed by atoms with Crippen LogP contribution in [0.1, 0.15) is 35.1 Å². The molecule has 2 aromatic rings. The van der Waals surface area contributed by atoms with Crippen molar-refractivity contribution in [2.24, 2.45) is 0 Å². The van der Waals surface area contributed by atoms with Crippen molar-refractivity contribution in [3.05, 3.63) is 62.6 Å². The van der Waals surface area contributed by atoms with Crippen molar-refractivity contribution in [3.63, 3.8) is 0 Å². The van der Waals surface area contributed by atoms with Gasteiger partial charge in [0, 0.05) is 12.1 Å². The second-order valence-corrected chi connectivity index (χ2v) is 9.76. The fourth-order valence-electron chi connectivity index (χ4n) is 2.99. The van der Waals surface area contributed by atoms with E-state index in [1.165, 1.54) is 0 Å². The average Bonchev–Trinajstić information content (AvgIpc) is 2.54. The third-order valence-corrected chi connectivity index (χ3v) is 6.59. The Morgan fingerprint density at radius 1 is 1.00 bits per heavy atom. The van der Waals surface area contributed by atoms with Crippen LogP contribution in [-0.4, -0.2) is 20.1 Å². The second kappa shape index (κ2) is 9.09. The minimum Gasteiger partial charge on any atom is -0.326 e. The lowest BCUT2D eigenvalue weighted by atomic mass is 10.0. The highest BCUT2D eigenvalue weighted by atomic mass is 35.5. The van der Waals surface area contributed by atoms with Crippen LogP contribution in [0.25, 0.3) is 0 Å². The molecule has 2 aromatic carbocycles. The third kappa shape index (κ3) is 6.52. The highest BCUT2D eigenvalue weighted by molar-refractivity contribution is 7.90. The van der Waals surface area contributed by atoms with Crippen molar-refractivity contribution in [1.29, 1.82) is 0 Å². The van der Waals surface area contributed by atoms with Crippen molar-refractivity contribution in [1.82, 2.24) is 0 Å². The van der Waals surface area contributed by atoms with E-state index < -0.39 is 9.84 Å². The monoisotopic (exact) mass is 427 g/mol. The number of carbonyl (C=O) groups is 1. The molecule has 0 aromatic heterocycles. The molecule has 0 fully saturated rings. The van der Waals surface area contributed by atoms with Crippen molar-refractivity contribution in [3.8, 4) is 0 Å². The van der Waals surface area contributed by atoms with E-state index in [9.17, 15) is 13.2 Å². The van der Waals surface area contributed by atoms with Gasteiger partial charge in [0.25, 0.3) is 0 Å². The van der Waals surface area contributed by atoms with Gasteiger partial charge in [-0.2, -0.15) is 0 Å². The molecular weight excluding hydrogens is 405 g/mol. The summed E-state index contributed by atoms with van der Waals surface area (Å²) in [5.74, 6) is -0.372. The zero-order valence-electron chi connectivity index (χ0n) is 15.6. The Balaban J connectivity index is 1.89. The van der Waals surface area contributed by atoms with E-state index >= 15 is 0 Å². The fraction of sp³-hybridized carbons (Fsp3) is 0.350. The second-order valence-electron chi connectivity index (χ2n) is 6.77. The van der Waals surface area contributed by atoms with Crippen LogP contribution in [0.5, 0.6) is 0 Å². The average molecular weight is 428 g/mol. The first-order chi connectivity index (χ1) is 12.6. The summed E-state index contributed by atoms with van der Waals surface area (Å²) in [6, 6.07) is 8.78. The van der Waals surface area contributed by atoms with Gasteiger partial charge in [-0.25, -0.2) is 8.42 Å². The number of anilines is 1. The third-order valence-electron chi connectivity index (χ3n) is 4.17. The maximum Gasteiger partial charge on any atom is 0.224 e. The van der Waals surface area contributed by atoms with E-state index in [1.807, 2.05) is 32.9 Å². The Hall–Kier alpha value is -1.56. The van der Waals surface area contributed by atoms with Crippen molar-refractivity contribution >= 4 is 44.6 Å². The van der Waals surface area contributed by atoms with E-state index in [1.54, 1.807) is 18.2 Å². The van der Waals surface area contributed by atoms with Gasteiger partial charge in [0.05, 0.1) is 21.6 Å². The van der Waals surface area contributed by atoms with Crippen LogP contribution >= 0.6 is 23.2 Å². The zero-order chi connectivity index (χ0) is 20.2. The molecule has 0 bridgehead atoms. The van der Waals surface area contributed by atoms with Crippen LogP contribution in [0.3, 0.4) is 0 Å². The molecule has 0 atom stereocenters. The van der Waals surface area contributed by atoms with E-state index in [0.29, 0.717) is 15.6 Å². The Morgan fingerprint density at radius 3 is 2.22 bits per heavy atom. The molecule has 0 heterocycles. The first-order valence-corrected chi connectivity index (χ1v) is 11.2. The number of aryl methyl sites for hydroxylation is 3. The Kier molecular flexibility index (Phi) is 7.32. The zero-order valence-corrected chi connectivity index (χ0v) is 17.9. The number of amides is 1. The van der Waals surface area contributed by atoms with Crippen molar-refractivity contribution < 1.29 is 13.2 Å². The Bertz CT molecular complexity index is 933. The molecule has 0 aliphatic heterocycles. The summed E-state index contributed by atoms with van der Waals surface area (Å²) >= 11 is 11.8. The quantitative estimate of drug-likeness (QED) is 0.655. The van der Waals surface area contributed by atoms with Gasteiger partial charge in [0.2, 0.25) is 5.91 Å². The number of halogens is 2. The van der Waals surface area contributed by atoms with E-state index in [0.717, 1.165) is 22.4 Å². The smallest absolute Gasteiger partial charge is 0.224 e. The van der Waals surface area contributed by atoms with Gasteiger partial charge in [0.1, 0.15) is 0 Å². The van der Waals surface area contributed by atoms with Crippen LogP contribution in [0.4, 0.5) is 5.69 Å². The Labute approximate surface area is 170 Å². The van der Waals surface area contributed by atoms with Gasteiger partial charge >= 0.3 is 0 Å². The van der Waals surface area contributed by atoms with Crippen LogP contribution in [-0.2, 0) is 20.4 Å². The molecular formula is C20H23Cl2NO3S. The largest absolute Gasteiger partial charge is 0.326 e. The molecule has 2 rings (SSSR count). The van der Waals surface area contributed by atoms with Crippen molar-refractivity contribution in [2.45, 2.75) is 39.4 Å². The number of nitrogens with one attached hydrogen (secondary N) is 1. The minimum absolute atomic E-state index is 0.0630. The summed E-state index contributed by atoms with van der Waals surface area (Å²) in [5.41, 5.74) is 4.50. The van der Waals surface area contributed by atoms with Crippen LogP contribution in [0.15, 0.2) is 30.3 Å². The molecule has 0 radical (unpaired) electrons. The highest BCUT2D eigenvalue weighted by Gasteiger charge is 2.15. The number of hydrogen-bond acceptors (Lipinski definition) is 3. The Morgan fingerprint density at radius 2 is 1.63 bits per heavy atom. The maximum atomic E-state index is 12.3. The molecule has 0 spiro atoms. The lowest BCUT2D eigenvalue weighted by molar-refractivity contribution is -0.116. The summed E-state index contributed by atoms with van der Waals surface area (Å²) in [7, 11) is -3.34. The topological polar surface area (TPSA) is 63.2 Å². The van der Waals surface area contributed by atoms with Crippen LogP contribution in [0, 0.1) is 20.8 Å². The first kappa shape index (κ1) is 21.7. The van der Waals surface area contributed by atoms with Crippen molar-refractivity contribution in [2.75, 3.05) is 11.1 Å². The molecule has 1 N–H and O–H groups in total. The molecule has 7 heteroatoms. The molecule has 0 aliphatic carbocycles. The summed E-state index contributed by atoms with van der Waals surface area (Å²) in [6.07, 6.45) is 0.410. The number of rotatable bonds is 7. The van der Waals surface area contributed by atoms with Gasteiger partial charge in [-0.05, 0) is 56.0 Å². The predicted octanol–water partition coefficient (Wildman–Crippen LogP) is 5.25. The number of sulfone groups is 1. The molecule has 27 heavy (non-hydrogen) atoms. The summed E-state index contributed by atoms with van der Waals surface area (Å²) in [5, 5.41) is 3.60. The number of carbonyl (C=O) groups excluding carboxylic acids is 1. The number of benzene rings is 2. The maximum absolute atomic E-state index is 12.3. The first-order valence-electron chi connectivity index (χ1n) is 8.59. The van der Waals surface area contributed by atoms with Gasteiger partial charge < -0.3 is 5.32 Å². The lowest BCUT2D eigenvalue weighted by Gasteiger charge is -2.13. The summed E-state index contributed by atoms with van der Waals surface area (Å²) in [6.45, 7) is 5.89. The van der Waals surface area contributed by atoms with Crippen LogP contribution < -0.4 is 5.32 Å². The van der Waals surface area contributed by atoms with E-state index in [2.05, 4.69) is 5.32 Å². The lowest BCUT2D eigenvalue weighted by Crippen LogP contribution is -2.16. The molecule has 0 saturated carbocycles. The number of hydrogen-bond donors (Lipinski definition) is 1. The highest BCUT2D eigenvalue weighted by Crippen LogP contribution is 2.24. The predicted molar refractivity (Wildman–Crippen MR) is 112 cm³/mol. The van der Waals surface area contributed by atoms with Gasteiger partial charge in [-0.15, -0.1) is 0 Å². The van der Waals surface area contributed by atoms with E-state index in [-0.39, 0.29) is 30.3 Å². The van der Waals surface area contributed by atoms with Crippen LogP contribution in [0.2, 0.25) is 10.0 Å². The van der Waals surface area contributed by atoms with Gasteiger partial charge in [-0.3, -0.25) is 4.79 Å². The standard InChI is InChI=1S/C20H23Cl2NO3S/c1-13-9-14(2)20(15(3)10-13)23-19(24)5-4-8-27(25,26)12-16-6-7-17(21)18(22)11-16/h6-7,9-11H,4-5,8,12H2,1-3H3,(H,23,24). The molecule has 0 unspecified atom stereocenters. The SMILES string of the molecule is Cc1cc(C)c(NC(=O)CCCS(=O)(=O)Cc2ccc(Cl)c(Cl)c2)c(C)c1. The normalized spacial score (nSPS) is 11.4. The molecule has 0 aliphatic rings. The van der Waals surface area contributed by atoms with E-state index in [4.69, 9.17) is 23.2 Å². The molecule has 0 saturated heterocycles. The molecule has 146 valence electrons. The summed E-state index contributed by atoms with van der Waals surface area (Å²) < 4.78 is 24.5.